The summed E-state index contributed by atoms with van der Waals surface area (Å²) in [6.45, 7) is 2.33. The molecule has 1 amide bonds. The van der Waals surface area contributed by atoms with Gasteiger partial charge in [0.25, 0.3) is 5.91 Å². The summed E-state index contributed by atoms with van der Waals surface area (Å²) >= 11 is 3.36. The van der Waals surface area contributed by atoms with Crippen molar-refractivity contribution in [3.63, 3.8) is 0 Å². The third kappa shape index (κ3) is 3.25. The van der Waals surface area contributed by atoms with Crippen molar-refractivity contribution in [3.05, 3.63) is 58.6 Å². The van der Waals surface area contributed by atoms with Crippen molar-refractivity contribution in [2.75, 3.05) is 6.61 Å². The summed E-state index contributed by atoms with van der Waals surface area (Å²) in [6, 6.07) is 14.6. The molecule has 0 radical (unpaired) electrons. The van der Waals surface area contributed by atoms with Crippen LogP contribution in [0.5, 0.6) is 11.5 Å². The minimum Gasteiger partial charge on any atom is -0.486 e. The van der Waals surface area contributed by atoms with E-state index in [1.165, 1.54) is 0 Å². The number of hydrogen-bond donors (Lipinski definition) is 1. The number of fused-ring (bicyclic) bond motifs is 1. The monoisotopic (exact) mass is 361 g/mol. The topological polar surface area (TPSA) is 47.6 Å². The normalized spacial score (nSPS) is 17.6. The molecule has 1 aliphatic heterocycles. The standard InChI is InChI=1S/C17H16BrNO3/c1-11(19-17(20)12-6-8-13(18)9-7-12)16-10-21-14-4-2-3-5-15(14)22-16/h2-9,11,16H,10H2,1H3,(H,19,20)/t11-,16+/m0/s1. The first-order chi connectivity index (χ1) is 10.6. The molecule has 0 saturated carbocycles. The molecule has 3 rings (SSSR count). The van der Waals surface area contributed by atoms with Gasteiger partial charge in [0.1, 0.15) is 6.61 Å². The van der Waals surface area contributed by atoms with Crippen molar-refractivity contribution >= 4 is 21.8 Å². The average Bonchev–Trinajstić information content (AvgIpc) is 2.55. The summed E-state index contributed by atoms with van der Waals surface area (Å²) in [6.07, 6.45) is -0.214. The molecule has 2 aromatic rings. The largest absolute Gasteiger partial charge is 0.486 e. The van der Waals surface area contributed by atoms with Crippen LogP contribution in [0.4, 0.5) is 0 Å². The lowest BCUT2D eigenvalue weighted by Gasteiger charge is -2.30. The fourth-order valence-electron chi connectivity index (χ4n) is 2.27. The summed E-state index contributed by atoms with van der Waals surface area (Å²) in [5.74, 6) is 1.33. The molecular formula is C17H16BrNO3. The summed E-state index contributed by atoms with van der Waals surface area (Å²) in [7, 11) is 0. The molecule has 0 aromatic heterocycles. The quantitative estimate of drug-likeness (QED) is 0.911. The second-order valence-corrected chi connectivity index (χ2v) is 6.10. The molecule has 0 unspecified atom stereocenters. The van der Waals surface area contributed by atoms with Crippen LogP contribution in [0.3, 0.4) is 0 Å². The molecule has 0 bridgehead atoms. The van der Waals surface area contributed by atoms with Crippen LogP contribution in [0.25, 0.3) is 0 Å². The molecule has 1 N–H and O–H groups in total. The maximum absolute atomic E-state index is 12.2. The van der Waals surface area contributed by atoms with E-state index in [1.54, 1.807) is 12.1 Å². The lowest BCUT2D eigenvalue weighted by atomic mass is 10.1. The van der Waals surface area contributed by atoms with E-state index in [0.29, 0.717) is 17.9 Å². The number of hydrogen-bond acceptors (Lipinski definition) is 3. The van der Waals surface area contributed by atoms with Crippen LogP contribution in [0, 0.1) is 0 Å². The van der Waals surface area contributed by atoms with Gasteiger partial charge in [-0.15, -0.1) is 0 Å². The van der Waals surface area contributed by atoms with E-state index in [-0.39, 0.29) is 18.1 Å². The van der Waals surface area contributed by atoms with Gasteiger partial charge in [-0.05, 0) is 43.3 Å². The minimum absolute atomic E-state index is 0.123. The number of benzene rings is 2. The zero-order valence-electron chi connectivity index (χ0n) is 12.1. The molecule has 4 nitrogen and oxygen atoms in total. The number of ether oxygens (including phenoxy) is 2. The van der Waals surface area contributed by atoms with Crippen molar-refractivity contribution in [3.8, 4) is 11.5 Å². The fourth-order valence-corrected chi connectivity index (χ4v) is 2.53. The molecule has 2 aromatic carbocycles. The summed E-state index contributed by atoms with van der Waals surface area (Å²) in [4.78, 5) is 12.2. The molecule has 0 spiro atoms. The summed E-state index contributed by atoms with van der Waals surface area (Å²) < 4.78 is 12.5. The van der Waals surface area contributed by atoms with Gasteiger partial charge in [0.2, 0.25) is 0 Å². The SMILES string of the molecule is C[C@H](NC(=O)c1ccc(Br)cc1)[C@H]1COc2ccccc2O1. The third-order valence-electron chi connectivity index (χ3n) is 3.55. The van der Waals surface area contributed by atoms with Gasteiger partial charge in [-0.3, -0.25) is 4.79 Å². The van der Waals surface area contributed by atoms with E-state index in [9.17, 15) is 4.79 Å². The minimum atomic E-state index is -0.214. The Morgan fingerprint density at radius 1 is 1.18 bits per heavy atom. The van der Waals surface area contributed by atoms with Gasteiger partial charge in [-0.25, -0.2) is 0 Å². The first-order valence-corrected chi connectivity index (χ1v) is 7.88. The highest BCUT2D eigenvalue weighted by Gasteiger charge is 2.27. The van der Waals surface area contributed by atoms with Gasteiger partial charge in [-0.2, -0.15) is 0 Å². The van der Waals surface area contributed by atoms with Gasteiger partial charge in [-0.1, -0.05) is 28.1 Å². The molecule has 0 aliphatic carbocycles. The van der Waals surface area contributed by atoms with Crippen LogP contribution in [-0.2, 0) is 0 Å². The number of nitrogens with one attached hydrogen (secondary N) is 1. The number of amides is 1. The second-order valence-electron chi connectivity index (χ2n) is 5.18. The Balaban J connectivity index is 1.64. The van der Waals surface area contributed by atoms with Gasteiger partial charge in [0.05, 0.1) is 6.04 Å². The van der Waals surface area contributed by atoms with E-state index < -0.39 is 0 Å². The Morgan fingerprint density at radius 2 is 1.86 bits per heavy atom. The Bertz CT molecular complexity index is 672. The average molecular weight is 362 g/mol. The van der Waals surface area contributed by atoms with E-state index in [4.69, 9.17) is 9.47 Å². The van der Waals surface area contributed by atoms with E-state index >= 15 is 0 Å². The van der Waals surface area contributed by atoms with Crippen LogP contribution >= 0.6 is 15.9 Å². The van der Waals surface area contributed by atoms with Crippen molar-refractivity contribution in [1.29, 1.82) is 0 Å². The smallest absolute Gasteiger partial charge is 0.251 e. The molecule has 1 aliphatic rings. The summed E-state index contributed by atoms with van der Waals surface area (Å²) in [5.41, 5.74) is 0.618. The molecule has 0 fully saturated rings. The molecule has 5 heteroatoms. The number of carbonyl (C=O) groups excluding carboxylic acids is 1. The highest BCUT2D eigenvalue weighted by atomic mass is 79.9. The van der Waals surface area contributed by atoms with Crippen molar-refractivity contribution in [2.24, 2.45) is 0 Å². The lowest BCUT2D eigenvalue weighted by molar-refractivity contribution is 0.0606. The van der Waals surface area contributed by atoms with Crippen LogP contribution in [0.2, 0.25) is 0 Å². The van der Waals surface area contributed by atoms with Gasteiger partial charge in [0, 0.05) is 10.0 Å². The van der Waals surface area contributed by atoms with Gasteiger partial charge >= 0.3 is 0 Å². The Morgan fingerprint density at radius 3 is 2.59 bits per heavy atom. The molecular weight excluding hydrogens is 346 g/mol. The number of rotatable bonds is 3. The Labute approximate surface area is 137 Å². The van der Waals surface area contributed by atoms with Crippen molar-refractivity contribution in [1.82, 2.24) is 5.32 Å². The van der Waals surface area contributed by atoms with Crippen molar-refractivity contribution in [2.45, 2.75) is 19.1 Å². The maximum Gasteiger partial charge on any atom is 0.251 e. The molecule has 1 heterocycles. The number of para-hydroxylation sites is 2. The van der Waals surface area contributed by atoms with Gasteiger partial charge < -0.3 is 14.8 Å². The fraction of sp³-hybridized carbons (Fsp3) is 0.235. The van der Waals surface area contributed by atoms with Crippen molar-refractivity contribution < 1.29 is 14.3 Å². The highest BCUT2D eigenvalue weighted by molar-refractivity contribution is 9.10. The second kappa shape index (κ2) is 6.40. The van der Waals surface area contributed by atoms with E-state index in [2.05, 4.69) is 21.2 Å². The van der Waals surface area contributed by atoms with E-state index in [1.807, 2.05) is 43.3 Å². The van der Waals surface area contributed by atoms with E-state index in [0.717, 1.165) is 10.2 Å². The zero-order chi connectivity index (χ0) is 15.5. The Hall–Kier alpha value is -2.01. The lowest BCUT2D eigenvalue weighted by Crippen LogP contribution is -2.48. The van der Waals surface area contributed by atoms with Crippen LogP contribution < -0.4 is 14.8 Å². The highest BCUT2D eigenvalue weighted by Crippen LogP contribution is 2.31. The van der Waals surface area contributed by atoms with Gasteiger partial charge in [0.15, 0.2) is 17.6 Å². The molecule has 0 saturated heterocycles. The summed E-state index contributed by atoms with van der Waals surface area (Å²) in [5, 5.41) is 2.96. The predicted octanol–water partition coefficient (Wildman–Crippen LogP) is 3.41. The maximum atomic E-state index is 12.2. The van der Waals surface area contributed by atoms with Crippen LogP contribution in [0.15, 0.2) is 53.0 Å². The first-order valence-electron chi connectivity index (χ1n) is 7.08. The predicted molar refractivity (Wildman–Crippen MR) is 87.4 cm³/mol. The van der Waals surface area contributed by atoms with Crippen LogP contribution in [0.1, 0.15) is 17.3 Å². The number of halogens is 1. The third-order valence-corrected chi connectivity index (χ3v) is 4.08. The Kier molecular flexibility index (Phi) is 4.34. The zero-order valence-corrected chi connectivity index (χ0v) is 13.7. The first kappa shape index (κ1) is 14.9. The van der Waals surface area contributed by atoms with Crippen LogP contribution in [-0.4, -0.2) is 24.7 Å². The number of carbonyl (C=O) groups is 1. The molecule has 114 valence electrons. The molecule has 22 heavy (non-hydrogen) atoms. The molecule has 2 atom stereocenters.